The van der Waals surface area contributed by atoms with E-state index in [1.807, 2.05) is 20.8 Å². The van der Waals surface area contributed by atoms with Gasteiger partial charge in [-0.25, -0.2) is 8.42 Å². The summed E-state index contributed by atoms with van der Waals surface area (Å²) in [5.41, 5.74) is 1.54. The first-order valence-electron chi connectivity index (χ1n) is 6.26. The van der Waals surface area contributed by atoms with Crippen LogP contribution in [0, 0.1) is 19.3 Å². The summed E-state index contributed by atoms with van der Waals surface area (Å²) in [5, 5.41) is 2.79. The SMILES string of the molecule is Cc1cc(C(=O)NCC(C)(C)C)cc(S(=O)(=O)Cl)c1C. The lowest BCUT2D eigenvalue weighted by molar-refractivity contribution is 0.0939. The van der Waals surface area contributed by atoms with Crippen molar-refractivity contribution >= 4 is 25.6 Å². The van der Waals surface area contributed by atoms with Crippen LogP contribution in [0.4, 0.5) is 0 Å². The Hall–Kier alpha value is -1.07. The van der Waals surface area contributed by atoms with E-state index in [2.05, 4.69) is 5.32 Å². The van der Waals surface area contributed by atoms with E-state index in [4.69, 9.17) is 10.7 Å². The van der Waals surface area contributed by atoms with Crippen LogP contribution in [0.3, 0.4) is 0 Å². The molecular formula is C14H20ClNO3S. The molecule has 0 aliphatic heterocycles. The highest BCUT2D eigenvalue weighted by atomic mass is 35.7. The molecule has 1 rings (SSSR count). The molecule has 0 unspecified atom stereocenters. The van der Waals surface area contributed by atoms with E-state index in [0.29, 0.717) is 23.2 Å². The number of carbonyl (C=O) groups excluding carboxylic acids is 1. The fourth-order valence-electron chi connectivity index (χ4n) is 1.66. The highest BCUT2D eigenvalue weighted by Crippen LogP contribution is 2.24. The minimum absolute atomic E-state index is 0.0138. The van der Waals surface area contributed by atoms with Crippen molar-refractivity contribution in [1.82, 2.24) is 5.32 Å². The predicted molar refractivity (Wildman–Crippen MR) is 80.7 cm³/mol. The van der Waals surface area contributed by atoms with E-state index in [-0.39, 0.29) is 16.2 Å². The van der Waals surface area contributed by atoms with Crippen molar-refractivity contribution in [3.8, 4) is 0 Å². The standard InChI is InChI=1S/C14H20ClNO3S/c1-9-6-11(13(17)16-8-14(3,4)5)7-12(10(9)2)20(15,18)19/h6-7H,8H2,1-5H3,(H,16,17). The Morgan fingerprint density at radius 1 is 1.25 bits per heavy atom. The molecule has 0 spiro atoms. The van der Waals surface area contributed by atoms with Gasteiger partial charge in [-0.05, 0) is 42.5 Å². The molecule has 0 bridgehead atoms. The van der Waals surface area contributed by atoms with E-state index in [1.54, 1.807) is 19.9 Å². The third-order valence-corrected chi connectivity index (χ3v) is 4.37. The summed E-state index contributed by atoms with van der Waals surface area (Å²) >= 11 is 0. The Balaban J connectivity index is 3.15. The molecule has 1 aromatic carbocycles. The van der Waals surface area contributed by atoms with Gasteiger partial charge in [0, 0.05) is 22.8 Å². The lowest BCUT2D eigenvalue weighted by atomic mass is 9.97. The van der Waals surface area contributed by atoms with Crippen molar-refractivity contribution in [3.05, 3.63) is 28.8 Å². The van der Waals surface area contributed by atoms with Gasteiger partial charge in [-0.2, -0.15) is 0 Å². The van der Waals surface area contributed by atoms with Crippen LogP contribution in [0.15, 0.2) is 17.0 Å². The largest absolute Gasteiger partial charge is 0.352 e. The summed E-state index contributed by atoms with van der Waals surface area (Å²) in [6, 6.07) is 2.99. The first kappa shape index (κ1) is 17.0. The second-order valence-electron chi connectivity index (χ2n) is 6.10. The van der Waals surface area contributed by atoms with Gasteiger partial charge in [0.05, 0.1) is 4.90 Å². The van der Waals surface area contributed by atoms with Gasteiger partial charge >= 0.3 is 0 Å². The van der Waals surface area contributed by atoms with Gasteiger partial charge in [0.25, 0.3) is 15.0 Å². The lowest BCUT2D eigenvalue weighted by Crippen LogP contribution is -2.32. The lowest BCUT2D eigenvalue weighted by Gasteiger charge is -2.19. The van der Waals surface area contributed by atoms with Gasteiger partial charge in [0.2, 0.25) is 0 Å². The van der Waals surface area contributed by atoms with Gasteiger partial charge in [-0.1, -0.05) is 20.8 Å². The van der Waals surface area contributed by atoms with E-state index in [1.165, 1.54) is 6.07 Å². The molecule has 0 radical (unpaired) electrons. The van der Waals surface area contributed by atoms with E-state index in [9.17, 15) is 13.2 Å². The Kier molecular flexibility index (Phi) is 4.87. The molecule has 6 heteroatoms. The topological polar surface area (TPSA) is 63.2 Å². The first-order valence-corrected chi connectivity index (χ1v) is 8.57. The van der Waals surface area contributed by atoms with Crippen molar-refractivity contribution < 1.29 is 13.2 Å². The monoisotopic (exact) mass is 317 g/mol. The molecule has 0 saturated carbocycles. The highest BCUT2D eigenvalue weighted by Gasteiger charge is 2.19. The maximum atomic E-state index is 12.1. The van der Waals surface area contributed by atoms with Gasteiger partial charge in [-0.3, -0.25) is 4.79 Å². The minimum atomic E-state index is -3.86. The molecule has 0 aliphatic rings. The molecule has 1 N–H and O–H groups in total. The number of aryl methyl sites for hydroxylation is 1. The van der Waals surface area contributed by atoms with Crippen LogP contribution in [0.5, 0.6) is 0 Å². The van der Waals surface area contributed by atoms with Gasteiger partial charge in [-0.15, -0.1) is 0 Å². The van der Waals surface area contributed by atoms with E-state index < -0.39 is 9.05 Å². The molecular weight excluding hydrogens is 298 g/mol. The molecule has 20 heavy (non-hydrogen) atoms. The number of carbonyl (C=O) groups is 1. The number of benzene rings is 1. The molecule has 112 valence electrons. The van der Waals surface area contributed by atoms with Gasteiger partial charge in [0.15, 0.2) is 0 Å². The zero-order valence-corrected chi connectivity index (χ0v) is 13.9. The second kappa shape index (κ2) is 5.74. The molecule has 0 atom stereocenters. The van der Waals surface area contributed by atoms with Crippen molar-refractivity contribution in [1.29, 1.82) is 0 Å². The molecule has 4 nitrogen and oxygen atoms in total. The van der Waals surface area contributed by atoms with Crippen molar-refractivity contribution in [2.75, 3.05) is 6.54 Å². The second-order valence-corrected chi connectivity index (χ2v) is 8.63. The normalized spacial score (nSPS) is 12.3. The molecule has 0 saturated heterocycles. The fraction of sp³-hybridized carbons (Fsp3) is 0.500. The van der Waals surface area contributed by atoms with Gasteiger partial charge in [0.1, 0.15) is 0 Å². The van der Waals surface area contributed by atoms with E-state index >= 15 is 0 Å². The quantitative estimate of drug-likeness (QED) is 0.872. The van der Waals surface area contributed by atoms with Crippen LogP contribution in [0.1, 0.15) is 42.3 Å². The molecule has 1 aromatic rings. The van der Waals surface area contributed by atoms with Crippen molar-refractivity contribution in [3.63, 3.8) is 0 Å². The van der Waals surface area contributed by atoms with Crippen molar-refractivity contribution in [2.45, 2.75) is 39.5 Å². The van der Waals surface area contributed by atoms with Crippen LogP contribution in [0.25, 0.3) is 0 Å². The zero-order chi connectivity index (χ0) is 15.7. The van der Waals surface area contributed by atoms with Crippen molar-refractivity contribution in [2.24, 2.45) is 5.41 Å². The highest BCUT2D eigenvalue weighted by molar-refractivity contribution is 8.13. The van der Waals surface area contributed by atoms with Crippen LogP contribution < -0.4 is 5.32 Å². The Morgan fingerprint density at radius 2 is 1.80 bits per heavy atom. The van der Waals surface area contributed by atoms with Crippen LogP contribution in [-0.2, 0) is 9.05 Å². The molecule has 1 amide bonds. The summed E-state index contributed by atoms with van der Waals surface area (Å²) < 4.78 is 23.1. The fourth-order valence-corrected chi connectivity index (χ4v) is 2.93. The number of hydrogen-bond acceptors (Lipinski definition) is 3. The van der Waals surface area contributed by atoms with Crippen LogP contribution in [-0.4, -0.2) is 20.9 Å². The Morgan fingerprint density at radius 3 is 2.25 bits per heavy atom. The first-order chi connectivity index (χ1) is 8.92. The number of amides is 1. The smallest absolute Gasteiger partial charge is 0.261 e. The summed E-state index contributed by atoms with van der Waals surface area (Å²) in [4.78, 5) is 12.1. The molecule has 0 aliphatic carbocycles. The number of hydrogen-bond donors (Lipinski definition) is 1. The third kappa shape index (κ3) is 4.49. The van der Waals surface area contributed by atoms with Gasteiger partial charge < -0.3 is 5.32 Å². The molecule has 0 heterocycles. The summed E-state index contributed by atoms with van der Waals surface area (Å²) in [7, 11) is 1.54. The summed E-state index contributed by atoms with van der Waals surface area (Å²) in [5.74, 6) is -0.301. The zero-order valence-electron chi connectivity index (χ0n) is 12.4. The number of nitrogens with one attached hydrogen (secondary N) is 1. The van der Waals surface area contributed by atoms with Crippen LogP contribution in [0.2, 0.25) is 0 Å². The average Bonchev–Trinajstić information content (AvgIpc) is 2.26. The third-order valence-electron chi connectivity index (χ3n) is 2.92. The maximum absolute atomic E-state index is 12.1. The predicted octanol–water partition coefficient (Wildman–Crippen LogP) is 3.01. The summed E-state index contributed by atoms with van der Waals surface area (Å²) in [6.45, 7) is 9.93. The Labute approximate surface area is 124 Å². The number of rotatable bonds is 3. The summed E-state index contributed by atoms with van der Waals surface area (Å²) in [6.07, 6.45) is 0. The Bertz CT molecular complexity index is 631. The van der Waals surface area contributed by atoms with Crippen LogP contribution >= 0.6 is 10.7 Å². The van der Waals surface area contributed by atoms with E-state index in [0.717, 1.165) is 0 Å². The number of halogens is 1. The minimum Gasteiger partial charge on any atom is -0.352 e. The molecule has 0 fully saturated rings. The average molecular weight is 318 g/mol. The molecule has 0 aromatic heterocycles. The maximum Gasteiger partial charge on any atom is 0.261 e.